The molecule has 2 heteroatoms. The molecule has 0 bridgehead atoms. The molecule has 0 spiro atoms. The van der Waals surface area contributed by atoms with Gasteiger partial charge in [-0.25, -0.2) is 0 Å². The van der Waals surface area contributed by atoms with Gasteiger partial charge in [-0.1, -0.05) is 20.3 Å². The summed E-state index contributed by atoms with van der Waals surface area (Å²) in [5.41, 5.74) is 6.31. The maximum absolute atomic E-state index is 6.31. The van der Waals surface area contributed by atoms with Crippen molar-refractivity contribution in [2.45, 2.75) is 71.9 Å². The van der Waals surface area contributed by atoms with Gasteiger partial charge in [0.2, 0.25) is 0 Å². The molecule has 3 unspecified atom stereocenters. The van der Waals surface area contributed by atoms with Crippen molar-refractivity contribution in [3.05, 3.63) is 0 Å². The Morgan fingerprint density at radius 3 is 2.47 bits per heavy atom. The van der Waals surface area contributed by atoms with E-state index in [1.807, 2.05) is 0 Å². The number of hydrogen-bond donors (Lipinski definition) is 1. The Morgan fingerprint density at radius 1 is 1.24 bits per heavy atom. The first-order chi connectivity index (χ1) is 8.08. The molecule has 0 heterocycles. The first-order valence-corrected chi connectivity index (χ1v) is 7.58. The van der Waals surface area contributed by atoms with Crippen molar-refractivity contribution in [2.24, 2.45) is 17.6 Å². The van der Waals surface area contributed by atoms with Crippen molar-refractivity contribution in [3.8, 4) is 0 Å². The van der Waals surface area contributed by atoms with Gasteiger partial charge in [0.1, 0.15) is 0 Å². The largest absolute Gasteiger partial charge is 0.327 e. The summed E-state index contributed by atoms with van der Waals surface area (Å²) in [6.45, 7) is 11.6. The van der Waals surface area contributed by atoms with Crippen LogP contribution in [-0.2, 0) is 0 Å². The van der Waals surface area contributed by atoms with E-state index in [2.05, 4.69) is 32.6 Å². The lowest BCUT2D eigenvalue weighted by Gasteiger charge is -2.38. The third kappa shape index (κ3) is 4.59. The number of hydrogen-bond acceptors (Lipinski definition) is 2. The molecule has 0 aromatic rings. The molecule has 0 aromatic carbocycles. The van der Waals surface area contributed by atoms with Gasteiger partial charge in [0.05, 0.1) is 0 Å². The molecule has 17 heavy (non-hydrogen) atoms. The van der Waals surface area contributed by atoms with Crippen LogP contribution in [0.5, 0.6) is 0 Å². The van der Waals surface area contributed by atoms with Crippen molar-refractivity contribution in [1.29, 1.82) is 0 Å². The highest BCUT2D eigenvalue weighted by Crippen LogP contribution is 2.31. The van der Waals surface area contributed by atoms with E-state index in [1.54, 1.807) is 0 Å². The molecule has 0 aliphatic heterocycles. The van der Waals surface area contributed by atoms with Crippen LogP contribution in [0.3, 0.4) is 0 Å². The van der Waals surface area contributed by atoms with E-state index in [-0.39, 0.29) is 0 Å². The smallest absolute Gasteiger partial charge is 0.00795 e. The summed E-state index contributed by atoms with van der Waals surface area (Å²) < 4.78 is 0. The molecule has 1 rings (SSSR count). The summed E-state index contributed by atoms with van der Waals surface area (Å²) in [5.74, 6) is 1.65. The molecule has 1 aliphatic rings. The molecular formula is C15H32N2. The number of rotatable bonds is 6. The van der Waals surface area contributed by atoms with Crippen LogP contribution < -0.4 is 5.73 Å². The van der Waals surface area contributed by atoms with Gasteiger partial charge in [0.15, 0.2) is 0 Å². The summed E-state index contributed by atoms with van der Waals surface area (Å²) in [7, 11) is 0. The fourth-order valence-electron chi connectivity index (χ4n) is 3.11. The third-order valence-corrected chi connectivity index (χ3v) is 4.44. The zero-order chi connectivity index (χ0) is 12.8. The Morgan fingerprint density at radius 2 is 1.94 bits per heavy atom. The Hall–Kier alpha value is -0.0800. The van der Waals surface area contributed by atoms with Crippen LogP contribution in [0.2, 0.25) is 0 Å². The Kier molecular flexibility index (Phi) is 6.50. The van der Waals surface area contributed by atoms with Gasteiger partial charge in [-0.05, 0) is 57.9 Å². The van der Waals surface area contributed by atoms with E-state index in [0.717, 1.165) is 11.8 Å². The van der Waals surface area contributed by atoms with Crippen molar-refractivity contribution in [3.63, 3.8) is 0 Å². The van der Waals surface area contributed by atoms with E-state index >= 15 is 0 Å². The monoisotopic (exact) mass is 240 g/mol. The van der Waals surface area contributed by atoms with Crippen molar-refractivity contribution < 1.29 is 0 Å². The molecule has 1 fully saturated rings. The molecule has 1 aliphatic carbocycles. The highest BCUT2D eigenvalue weighted by atomic mass is 15.1. The van der Waals surface area contributed by atoms with Gasteiger partial charge >= 0.3 is 0 Å². The van der Waals surface area contributed by atoms with E-state index in [0.29, 0.717) is 12.1 Å². The van der Waals surface area contributed by atoms with Crippen LogP contribution >= 0.6 is 0 Å². The first kappa shape index (κ1) is 15.0. The minimum Gasteiger partial charge on any atom is -0.327 e. The predicted molar refractivity (Wildman–Crippen MR) is 76.1 cm³/mol. The van der Waals surface area contributed by atoms with Crippen LogP contribution in [0.4, 0.5) is 0 Å². The first-order valence-electron chi connectivity index (χ1n) is 7.58. The zero-order valence-electron chi connectivity index (χ0n) is 12.3. The second-order valence-electron chi connectivity index (χ2n) is 6.10. The molecule has 0 radical (unpaired) electrons. The van der Waals surface area contributed by atoms with E-state index in [1.165, 1.54) is 45.2 Å². The highest BCUT2D eigenvalue weighted by molar-refractivity contribution is 4.84. The Bertz CT molecular complexity index is 203. The zero-order valence-corrected chi connectivity index (χ0v) is 12.3. The third-order valence-electron chi connectivity index (χ3n) is 4.44. The fourth-order valence-corrected chi connectivity index (χ4v) is 3.11. The lowest BCUT2D eigenvalue weighted by atomic mass is 9.77. The number of nitrogens with zero attached hydrogens (tertiary/aromatic N) is 1. The van der Waals surface area contributed by atoms with Gasteiger partial charge in [0.25, 0.3) is 0 Å². The highest BCUT2D eigenvalue weighted by Gasteiger charge is 2.29. The molecule has 3 atom stereocenters. The molecule has 102 valence electrons. The molecule has 0 aromatic heterocycles. The Labute approximate surface area is 108 Å². The van der Waals surface area contributed by atoms with Gasteiger partial charge in [0, 0.05) is 18.6 Å². The van der Waals surface area contributed by atoms with E-state index in [9.17, 15) is 0 Å². The maximum Gasteiger partial charge on any atom is 0.00795 e. The molecule has 2 N–H and O–H groups in total. The van der Waals surface area contributed by atoms with E-state index < -0.39 is 0 Å². The quantitative estimate of drug-likeness (QED) is 0.772. The molecule has 2 nitrogen and oxygen atoms in total. The average molecular weight is 240 g/mol. The van der Waals surface area contributed by atoms with Crippen LogP contribution in [0.15, 0.2) is 0 Å². The molecule has 0 saturated heterocycles. The second-order valence-corrected chi connectivity index (χ2v) is 6.10. The summed E-state index contributed by atoms with van der Waals surface area (Å²) in [5, 5.41) is 0. The molecule has 1 saturated carbocycles. The van der Waals surface area contributed by atoms with Gasteiger partial charge < -0.3 is 10.6 Å². The summed E-state index contributed by atoms with van der Waals surface area (Å²) in [6.07, 6.45) is 6.52. The van der Waals surface area contributed by atoms with Gasteiger partial charge in [-0.3, -0.25) is 0 Å². The molecular weight excluding hydrogens is 208 g/mol. The van der Waals surface area contributed by atoms with Crippen LogP contribution in [0.25, 0.3) is 0 Å². The summed E-state index contributed by atoms with van der Waals surface area (Å²) >= 11 is 0. The lowest BCUT2D eigenvalue weighted by Crippen LogP contribution is -2.45. The van der Waals surface area contributed by atoms with Crippen LogP contribution in [0.1, 0.15) is 59.8 Å². The summed E-state index contributed by atoms with van der Waals surface area (Å²) in [6, 6.07) is 1.10. The van der Waals surface area contributed by atoms with Crippen LogP contribution in [-0.4, -0.2) is 30.1 Å². The minimum atomic E-state index is 0.441. The average Bonchev–Trinajstić information content (AvgIpc) is 2.31. The molecule has 0 amide bonds. The van der Waals surface area contributed by atoms with Crippen molar-refractivity contribution in [2.75, 3.05) is 13.1 Å². The lowest BCUT2D eigenvalue weighted by molar-refractivity contribution is 0.131. The Balaban J connectivity index is 2.50. The van der Waals surface area contributed by atoms with Crippen molar-refractivity contribution in [1.82, 2.24) is 4.90 Å². The second kappa shape index (κ2) is 7.38. The van der Waals surface area contributed by atoms with Gasteiger partial charge in [-0.2, -0.15) is 0 Å². The van der Waals surface area contributed by atoms with Crippen LogP contribution in [0, 0.1) is 11.8 Å². The number of nitrogens with two attached hydrogens (primary N) is 1. The normalized spacial score (nSPS) is 30.2. The van der Waals surface area contributed by atoms with Crippen molar-refractivity contribution >= 4 is 0 Å². The summed E-state index contributed by atoms with van der Waals surface area (Å²) in [4.78, 5) is 2.61. The fraction of sp³-hybridized carbons (Fsp3) is 1.00. The standard InChI is InChI=1S/C15H32N2/c1-5-9-17(12(3)4)11-14-10-13(6-2)7-8-15(14)16/h12-15H,5-11,16H2,1-4H3. The van der Waals surface area contributed by atoms with Gasteiger partial charge in [-0.15, -0.1) is 0 Å². The SMILES string of the molecule is CCCN(CC1CC(CC)CCC1N)C(C)C. The van der Waals surface area contributed by atoms with E-state index in [4.69, 9.17) is 5.73 Å². The minimum absolute atomic E-state index is 0.441. The predicted octanol–water partition coefficient (Wildman–Crippen LogP) is 3.26. The maximum atomic E-state index is 6.31. The topological polar surface area (TPSA) is 29.3 Å².